The molecule has 0 amide bonds. The molecular formula is C19H13ClO4. The molecule has 0 spiro atoms. The Morgan fingerprint density at radius 3 is 2.08 bits per heavy atom. The zero-order chi connectivity index (χ0) is 16.8. The minimum absolute atomic E-state index is 0.125. The van der Waals surface area contributed by atoms with Crippen LogP contribution in [0.3, 0.4) is 0 Å². The van der Waals surface area contributed by atoms with Gasteiger partial charge in [0, 0.05) is 15.8 Å². The van der Waals surface area contributed by atoms with Crippen LogP contribution in [0, 0.1) is 0 Å². The summed E-state index contributed by atoms with van der Waals surface area (Å²) in [5, 5.41) is 3.04. The van der Waals surface area contributed by atoms with Crippen LogP contribution >= 0.6 is 11.6 Å². The van der Waals surface area contributed by atoms with Gasteiger partial charge in [-0.25, -0.2) is 0 Å². The Balaban J connectivity index is 2.22. The lowest BCUT2D eigenvalue weighted by molar-refractivity contribution is 0.410. The van der Waals surface area contributed by atoms with Crippen molar-refractivity contribution in [2.45, 2.75) is 0 Å². The second-order valence-corrected chi connectivity index (χ2v) is 5.87. The summed E-state index contributed by atoms with van der Waals surface area (Å²) in [5.41, 5.74) is 0.868. The molecule has 3 aromatic carbocycles. The summed E-state index contributed by atoms with van der Waals surface area (Å²) in [6, 6.07) is 12.2. The van der Waals surface area contributed by atoms with Gasteiger partial charge in [-0.1, -0.05) is 11.6 Å². The summed E-state index contributed by atoms with van der Waals surface area (Å²) in [6.45, 7) is 0. The van der Waals surface area contributed by atoms with Gasteiger partial charge < -0.3 is 13.9 Å². The van der Waals surface area contributed by atoms with E-state index in [2.05, 4.69) is 0 Å². The van der Waals surface area contributed by atoms with Gasteiger partial charge in [-0.3, -0.25) is 4.79 Å². The second kappa shape index (κ2) is 5.42. The summed E-state index contributed by atoms with van der Waals surface area (Å²) >= 11 is 6.01. The van der Waals surface area contributed by atoms with Crippen LogP contribution in [0.5, 0.6) is 11.5 Å². The van der Waals surface area contributed by atoms with Gasteiger partial charge in [-0.05, 0) is 42.5 Å². The van der Waals surface area contributed by atoms with Crippen LogP contribution in [-0.2, 0) is 0 Å². The molecule has 0 fully saturated rings. The second-order valence-electron chi connectivity index (χ2n) is 5.44. The van der Waals surface area contributed by atoms with Gasteiger partial charge in [-0.15, -0.1) is 0 Å². The minimum atomic E-state index is -0.125. The molecule has 0 aliphatic carbocycles. The molecule has 120 valence electrons. The summed E-state index contributed by atoms with van der Waals surface area (Å²) in [7, 11) is 3.19. The zero-order valence-corrected chi connectivity index (χ0v) is 13.8. The molecule has 4 nitrogen and oxygen atoms in total. The Morgan fingerprint density at radius 1 is 0.792 bits per heavy atom. The summed E-state index contributed by atoms with van der Waals surface area (Å²) in [4.78, 5) is 12.8. The number of benzene rings is 3. The quantitative estimate of drug-likeness (QED) is 0.493. The van der Waals surface area contributed by atoms with E-state index in [1.54, 1.807) is 38.5 Å². The van der Waals surface area contributed by atoms with Gasteiger partial charge in [0.25, 0.3) is 0 Å². The Morgan fingerprint density at radius 2 is 1.42 bits per heavy atom. The van der Waals surface area contributed by atoms with E-state index >= 15 is 0 Å². The normalized spacial score (nSPS) is 11.3. The molecular weight excluding hydrogens is 328 g/mol. The van der Waals surface area contributed by atoms with Crippen molar-refractivity contribution in [1.29, 1.82) is 0 Å². The van der Waals surface area contributed by atoms with Gasteiger partial charge >= 0.3 is 0 Å². The van der Waals surface area contributed by atoms with Crippen molar-refractivity contribution < 1.29 is 13.9 Å². The molecule has 0 bridgehead atoms. The standard InChI is InChI=1S/C19H13ClO4/c1-22-15-5-6-16(23-2)12-9-18-14(8-11(12)15)19(21)13-7-10(20)3-4-17(13)24-18/h3-9H,1-2H3. The molecule has 1 aromatic heterocycles. The fraction of sp³-hybridized carbons (Fsp3) is 0.105. The first-order valence-electron chi connectivity index (χ1n) is 7.33. The number of hydrogen-bond acceptors (Lipinski definition) is 4. The van der Waals surface area contributed by atoms with E-state index in [-0.39, 0.29) is 5.43 Å². The van der Waals surface area contributed by atoms with E-state index in [1.165, 1.54) is 0 Å². The fourth-order valence-electron chi connectivity index (χ4n) is 2.97. The molecule has 0 N–H and O–H groups in total. The van der Waals surface area contributed by atoms with Crippen LogP contribution < -0.4 is 14.9 Å². The van der Waals surface area contributed by atoms with Gasteiger partial charge in [0.1, 0.15) is 22.7 Å². The number of ether oxygens (including phenoxy) is 2. The number of rotatable bonds is 2. The van der Waals surface area contributed by atoms with Crippen molar-refractivity contribution in [3.63, 3.8) is 0 Å². The van der Waals surface area contributed by atoms with E-state index in [9.17, 15) is 4.79 Å². The zero-order valence-electron chi connectivity index (χ0n) is 13.1. The van der Waals surface area contributed by atoms with Gasteiger partial charge in [0.2, 0.25) is 5.43 Å². The SMILES string of the molecule is COc1ccc(OC)c2cc3c(=O)c4cc(Cl)ccc4oc3cc12. The summed E-state index contributed by atoms with van der Waals surface area (Å²) < 4.78 is 16.7. The lowest BCUT2D eigenvalue weighted by Gasteiger charge is -2.11. The summed E-state index contributed by atoms with van der Waals surface area (Å²) in [6.07, 6.45) is 0. The van der Waals surface area contributed by atoms with Crippen LogP contribution in [0.15, 0.2) is 51.7 Å². The van der Waals surface area contributed by atoms with Crippen LogP contribution in [0.25, 0.3) is 32.7 Å². The molecule has 0 atom stereocenters. The lowest BCUT2D eigenvalue weighted by Crippen LogP contribution is -2.02. The highest BCUT2D eigenvalue weighted by Gasteiger charge is 2.14. The minimum Gasteiger partial charge on any atom is -0.496 e. The van der Waals surface area contributed by atoms with Crippen molar-refractivity contribution in [1.82, 2.24) is 0 Å². The Labute approximate surface area is 142 Å². The fourth-order valence-corrected chi connectivity index (χ4v) is 3.14. The third-order valence-corrected chi connectivity index (χ3v) is 4.36. The molecule has 4 aromatic rings. The van der Waals surface area contributed by atoms with Crippen LogP contribution in [-0.4, -0.2) is 14.2 Å². The molecule has 0 aliphatic rings. The molecule has 0 aliphatic heterocycles. The van der Waals surface area contributed by atoms with Crippen molar-refractivity contribution in [3.05, 3.63) is 57.7 Å². The Bertz CT molecular complexity index is 1160. The number of hydrogen-bond donors (Lipinski definition) is 0. The van der Waals surface area contributed by atoms with E-state index in [0.717, 1.165) is 10.8 Å². The highest BCUT2D eigenvalue weighted by atomic mass is 35.5. The van der Waals surface area contributed by atoms with Gasteiger partial charge in [0.15, 0.2) is 0 Å². The van der Waals surface area contributed by atoms with Crippen molar-refractivity contribution in [3.8, 4) is 11.5 Å². The number of halogens is 1. The monoisotopic (exact) mass is 340 g/mol. The maximum absolute atomic E-state index is 12.8. The van der Waals surface area contributed by atoms with E-state index in [1.807, 2.05) is 18.2 Å². The first-order chi connectivity index (χ1) is 11.6. The predicted octanol–water partition coefficient (Wildman–Crippen LogP) is 4.77. The lowest BCUT2D eigenvalue weighted by atomic mass is 10.0. The topological polar surface area (TPSA) is 48.7 Å². The molecule has 0 saturated heterocycles. The van der Waals surface area contributed by atoms with Crippen molar-refractivity contribution in [2.75, 3.05) is 14.2 Å². The van der Waals surface area contributed by atoms with E-state index in [0.29, 0.717) is 38.5 Å². The number of fused-ring (bicyclic) bond motifs is 3. The molecule has 24 heavy (non-hydrogen) atoms. The first kappa shape index (κ1) is 14.8. The Hall–Kier alpha value is -2.72. The molecule has 0 unspecified atom stereocenters. The van der Waals surface area contributed by atoms with Gasteiger partial charge in [-0.2, -0.15) is 0 Å². The average molecular weight is 341 g/mol. The van der Waals surface area contributed by atoms with Crippen molar-refractivity contribution in [2.24, 2.45) is 0 Å². The van der Waals surface area contributed by atoms with E-state index in [4.69, 9.17) is 25.5 Å². The first-order valence-corrected chi connectivity index (χ1v) is 7.71. The molecule has 1 heterocycles. The largest absolute Gasteiger partial charge is 0.496 e. The molecule has 0 radical (unpaired) electrons. The van der Waals surface area contributed by atoms with E-state index < -0.39 is 0 Å². The average Bonchev–Trinajstić information content (AvgIpc) is 2.60. The summed E-state index contributed by atoms with van der Waals surface area (Å²) in [5.74, 6) is 1.35. The van der Waals surface area contributed by atoms with Crippen LogP contribution in [0.1, 0.15) is 0 Å². The molecule has 4 rings (SSSR count). The highest BCUT2D eigenvalue weighted by Crippen LogP contribution is 2.36. The van der Waals surface area contributed by atoms with Gasteiger partial charge in [0.05, 0.1) is 25.0 Å². The highest BCUT2D eigenvalue weighted by molar-refractivity contribution is 6.31. The maximum Gasteiger partial charge on any atom is 0.200 e. The maximum atomic E-state index is 12.8. The molecule has 0 saturated carbocycles. The van der Waals surface area contributed by atoms with Crippen molar-refractivity contribution >= 4 is 44.3 Å². The smallest absolute Gasteiger partial charge is 0.200 e. The Kier molecular flexibility index (Phi) is 3.36. The molecule has 5 heteroatoms. The van der Waals surface area contributed by atoms with Crippen LogP contribution in [0.2, 0.25) is 5.02 Å². The predicted molar refractivity (Wildman–Crippen MR) is 95.6 cm³/mol. The third kappa shape index (κ3) is 2.11. The van der Waals surface area contributed by atoms with Crippen LogP contribution in [0.4, 0.5) is 0 Å². The third-order valence-electron chi connectivity index (χ3n) is 4.13. The number of methoxy groups -OCH3 is 2.